The van der Waals surface area contributed by atoms with Crippen molar-refractivity contribution in [3.8, 4) is 16.9 Å². The van der Waals surface area contributed by atoms with Gasteiger partial charge in [-0.2, -0.15) is 0 Å². The minimum absolute atomic E-state index is 0.0819. The van der Waals surface area contributed by atoms with Gasteiger partial charge < -0.3 is 9.47 Å². The maximum Gasteiger partial charge on any atom is 0.306 e. The summed E-state index contributed by atoms with van der Waals surface area (Å²) in [5, 5.41) is 0. The summed E-state index contributed by atoms with van der Waals surface area (Å²) in [4.78, 5) is 12.4. The Hall–Kier alpha value is -2.29. The summed E-state index contributed by atoms with van der Waals surface area (Å²) in [6.07, 6.45) is 30.7. The number of hydrogen-bond acceptors (Lipinski definition) is 3. The first-order valence-corrected chi connectivity index (χ1v) is 19.2. The zero-order valence-electron chi connectivity index (χ0n) is 29.6. The molecule has 3 heteroatoms. The van der Waals surface area contributed by atoms with Crippen LogP contribution in [0.4, 0.5) is 0 Å². The Morgan fingerprint density at radius 2 is 0.889 bits per heavy atom. The number of esters is 1. The van der Waals surface area contributed by atoms with E-state index in [-0.39, 0.29) is 12.1 Å². The van der Waals surface area contributed by atoms with Crippen LogP contribution in [-0.4, -0.2) is 12.6 Å². The van der Waals surface area contributed by atoms with E-state index < -0.39 is 0 Å². The minimum atomic E-state index is -0.227. The molecule has 0 amide bonds. The number of carbonyl (C=O) groups is 1. The van der Waals surface area contributed by atoms with E-state index in [1.165, 1.54) is 134 Å². The Morgan fingerprint density at radius 1 is 0.511 bits per heavy atom. The molecule has 45 heavy (non-hydrogen) atoms. The molecule has 0 aromatic heterocycles. The van der Waals surface area contributed by atoms with Crippen LogP contribution in [0.15, 0.2) is 48.5 Å². The zero-order chi connectivity index (χ0) is 32.2. The van der Waals surface area contributed by atoms with Gasteiger partial charge in [-0.1, -0.05) is 185 Å². The number of carbonyl (C=O) groups excluding carboxylic acids is 1. The number of rotatable bonds is 29. The fourth-order valence-corrected chi connectivity index (χ4v) is 6.08. The van der Waals surface area contributed by atoms with Crippen molar-refractivity contribution in [2.45, 2.75) is 181 Å². The van der Waals surface area contributed by atoms with Crippen molar-refractivity contribution in [2.75, 3.05) is 6.61 Å². The van der Waals surface area contributed by atoms with Gasteiger partial charge >= 0.3 is 5.97 Å². The summed E-state index contributed by atoms with van der Waals surface area (Å²) in [6.45, 7) is 7.31. The van der Waals surface area contributed by atoms with Crippen LogP contribution >= 0.6 is 0 Å². The predicted octanol–water partition coefficient (Wildman–Crippen LogP) is 13.7. The summed E-state index contributed by atoms with van der Waals surface area (Å²) in [5.74, 6) is 0.860. The van der Waals surface area contributed by atoms with Gasteiger partial charge in [0.1, 0.15) is 11.9 Å². The molecule has 2 aromatic rings. The van der Waals surface area contributed by atoms with Gasteiger partial charge in [0, 0.05) is 6.42 Å². The Kier molecular flexibility index (Phi) is 23.2. The Labute approximate surface area is 278 Å². The molecule has 0 bridgehead atoms. The fourth-order valence-electron chi connectivity index (χ4n) is 6.08. The van der Waals surface area contributed by atoms with Crippen molar-refractivity contribution in [3.63, 3.8) is 0 Å². The van der Waals surface area contributed by atoms with Crippen LogP contribution in [0.3, 0.4) is 0 Å². The van der Waals surface area contributed by atoms with Crippen molar-refractivity contribution in [1.82, 2.24) is 0 Å². The molecular formula is C42H68O3. The van der Waals surface area contributed by atoms with Crippen molar-refractivity contribution < 1.29 is 14.3 Å². The molecule has 0 heterocycles. The van der Waals surface area contributed by atoms with E-state index in [1.54, 1.807) is 0 Å². The van der Waals surface area contributed by atoms with Gasteiger partial charge in [-0.05, 0) is 48.6 Å². The maximum absolute atomic E-state index is 12.4. The van der Waals surface area contributed by atoms with E-state index in [1.807, 2.05) is 6.92 Å². The molecule has 0 fully saturated rings. The highest BCUT2D eigenvalue weighted by Gasteiger charge is 2.12. The summed E-state index contributed by atoms with van der Waals surface area (Å²) in [5.41, 5.74) is 3.36. The average molecular weight is 621 g/mol. The van der Waals surface area contributed by atoms with Crippen LogP contribution < -0.4 is 4.74 Å². The second-order valence-electron chi connectivity index (χ2n) is 13.3. The van der Waals surface area contributed by atoms with E-state index >= 15 is 0 Å². The van der Waals surface area contributed by atoms with Crippen LogP contribution in [-0.2, 0) is 9.53 Å². The van der Waals surface area contributed by atoms with Crippen LogP contribution in [0.2, 0.25) is 0 Å². The summed E-state index contributed by atoms with van der Waals surface area (Å²) in [7, 11) is 0. The molecule has 0 saturated heterocycles. The van der Waals surface area contributed by atoms with Crippen LogP contribution in [0.5, 0.6) is 5.75 Å². The van der Waals surface area contributed by atoms with E-state index in [0.29, 0.717) is 6.42 Å². The van der Waals surface area contributed by atoms with Gasteiger partial charge in [-0.25, -0.2) is 0 Å². The SMILES string of the molecule is CCCCCCCCCCCCCCOc1ccc(-c2ccc(C(C)OC(=O)CCCCCCCCCCCCC)cc2)cc1. The lowest BCUT2D eigenvalue weighted by molar-refractivity contribution is -0.148. The highest BCUT2D eigenvalue weighted by atomic mass is 16.5. The quantitative estimate of drug-likeness (QED) is 0.0670. The van der Waals surface area contributed by atoms with E-state index in [2.05, 4.69) is 62.4 Å². The highest BCUT2D eigenvalue weighted by Crippen LogP contribution is 2.26. The molecule has 0 saturated carbocycles. The molecule has 0 spiro atoms. The number of unbranched alkanes of at least 4 members (excludes halogenated alkanes) is 21. The summed E-state index contributed by atoms with van der Waals surface area (Å²) < 4.78 is 11.7. The van der Waals surface area contributed by atoms with Gasteiger partial charge in [0.05, 0.1) is 6.61 Å². The molecule has 0 N–H and O–H groups in total. The molecule has 0 aliphatic heterocycles. The maximum atomic E-state index is 12.4. The van der Waals surface area contributed by atoms with E-state index in [0.717, 1.165) is 42.7 Å². The van der Waals surface area contributed by atoms with E-state index in [4.69, 9.17) is 9.47 Å². The lowest BCUT2D eigenvalue weighted by atomic mass is 10.0. The monoisotopic (exact) mass is 621 g/mol. The molecule has 254 valence electrons. The van der Waals surface area contributed by atoms with Crippen molar-refractivity contribution in [2.24, 2.45) is 0 Å². The Bertz CT molecular complexity index is 949. The molecule has 2 rings (SSSR count). The third-order valence-corrected chi connectivity index (χ3v) is 9.13. The normalized spacial score (nSPS) is 11.9. The molecule has 0 radical (unpaired) electrons. The molecule has 1 atom stereocenters. The third kappa shape index (κ3) is 19.7. The van der Waals surface area contributed by atoms with Crippen molar-refractivity contribution in [3.05, 3.63) is 54.1 Å². The Morgan fingerprint density at radius 3 is 1.33 bits per heavy atom. The fraction of sp³-hybridized carbons (Fsp3) is 0.690. The van der Waals surface area contributed by atoms with Gasteiger partial charge in [0.15, 0.2) is 0 Å². The number of ether oxygens (including phenoxy) is 2. The summed E-state index contributed by atoms with van der Waals surface area (Å²) >= 11 is 0. The first-order valence-electron chi connectivity index (χ1n) is 19.2. The Balaban J connectivity index is 1.53. The molecule has 3 nitrogen and oxygen atoms in total. The standard InChI is InChI=1S/C42H68O3/c1-4-6-8-10-12-14-16-18-20-22-24-26-36-44-41-34-32-40(33-35-41)39-30-28-38(29-31-39)37(3)45-42(43)27-25-23-21-19-17-15-13-11-9-7-5-2/h28-35,37H,4-27,36H2,1-3H3. The second-order valence-corrected chi connectivity index (χ2v) is 13.3. The average Bonchev–Trinajstić information content (AvgIpc) is 3.06. The summed E-state index contributed by atoms with van der Waals surface area (Å²) in [6, 6.07) is 16.8. The number of benzene rings is 2. The zero-order valence-corrected chi connectivity index (χ0v) is 29.6. The largest absolute Gasteiger partial charge is 0.494 e. The number of hydrogen-bond donors (Lipinski definition) is 0. The van der Waals surface area contributed by atoms with Crippen molar-refractivity contribution in [1.29, 1.82) is 0 Å². The molecule has 0 aliphatic rings. The van der Waals surface area contributed by atoms with E-state index in [9.17, 15) is 4.79 Å². The molecule has 1 unspecified atom stereocenters. The minimum Gasteiger partial charge on any atom is -0.494 e. The molecule has 2 aromatic carbocycles. The molecular weight excluding hydrogens is 552 g/mol. The van der Waals surface area contributed by atoms with Crippen LogP contribution in [0, 0.1) is 0 Å². The predicted molar refractivity (Wildman–Crippen MR) is 194 cm³/mol. The van der Waals surface area contributed by atoms with Crippen LogP contribution in [0.25, 0.3) is 11.1 Å². The topological polar surface area (TPSA) is 35.5 Å². The lowest BCUT2D eigenvalue weighted by Gasteiger charge is -2.14. The van der Waals surface area contributed by atoms with Gasteiger partial charge in [0.25, 0.3) is 0 Å². The van der Waals surface area contributed by atoms with Crippen molar-refractivity contribution >= 4 is 5.97 Å². The third-order valence-electron chi connectivity index (χ3n) is 9.13. The van der Waals surface area contributed by atoms with Crippen LogP contribution in [0.1, 0.15) is 187 Å². The van der Waals surface area contributed by atoms with Gasteiger partial charge in [-0.3, -0.25) is 4.79 Å². The smallest absolute Gasteiger partial charge is 0.306 e. The highest BCUT2D eigenvalue weighted by molar-refractivity contribution is 5.70. The van der Waals surface area contributed by atoms with Gasteiger partial charge in [0.2, 0.25) is 0 Å². The second kappa shape index (κ2) is 26.9. The lowest BCUT2D eigenvalue weighted by Crippen LogP contribution is -2.08. The first kappa shape index (κ1) is 38.9. The van der Waals surface area contributed by atoms with Gasteiger partial charge in [-0.15, -0.1) is 0 Å². The molecule has 0 aliphatic carbocycles. The first-order chi connectivity index (χ1) is 22.1.